The first kappa shape index (κ1) is 18.5. The molecule has 7 nitrogen and oxygen atoms in total. The first-order valence-electron chi connectivity index (χ1n) is 9.96. The number of H-pyrrole nitrogens is 1. The Balaban J connectivity index is 1.68. The molecule has 1 aliphatic heterocycles. The Labute approximate surface area is 173 Å². The van der Waals surface area contributed by atoms with E-state index in [0.29, 0.717) is 19.1 Å². The van der Waals surface area contributed by atoms with Crippen molar-refractivity contribution < 1.29 is 4.74 Å². The maximum atomic E-state index is 5.56. The maximum absolute atomic E-state index is 5.56. The molecule has 0 amide bonds. The van der Waals surface area contributed by atoms with Gasteiger partial charge in [-0.25, -0.2) is 15.0 Å². The lowest BCUT2D eigenvalue weighted by molar-refractivity contribution is 0.122. The number of allylic oxidation sites excluding steroid dienone is 2. The summed E-state index contributed by atoms with van der Waals surface area (Å²) >= 11 is 1.67. The molecule has 1 saturated heterocycles. The number of anilines is 1. The van der Waals surface area contributed by atoms with Crippen molar-refractivity contribution in [3.63, 3.8) is 0 Å². The van der Waals surface area contributed by atoms with E-state index >= 15 is 0 Å². The van der Waals surface area contributed by atoms with Gasteiger partial charge >= 0.3 is 0 Å². The van der Waals surface area contributed by atoms with Gasteiger partial charge in [0.25, 0.3) is 0 Å². The topological polar surface area (TPSA) is 79.0 Å². The molecule has 0 spiro atoms. The number of aromatic nitrogens is 4. The highest BCUT2D eigenvalue weighted by Gasteiger charge is 2.23. The van der Waals surface area contributed by atoms with Crippen molar-refractivity contribution in [2.75, 3.05) is 38.3 Å². The Hall–Kier alpha value is -2.55. The molecular formula is C21H24N6OS. The van der Waals surface area contributed by atoms with E-state index in [4.69, 9.17) is 19.7 Å². The van der Waals surface area contributed by atoms with Crippen LogP contribution >= 0.6 is 11.3 Å². The van der Waals surface area contributed by atoms with Crippen LogP contribution < -0.4 is 10.2 Å². The number of nitrogens with one attached hydrogen (secondary N) is 2. The van der Waals surface area contributed by atoms with E-state index in [-0.39, 0.29) is 0 Å². The van der Waals surface area contributed by atoms with Gasteiger partial charge in [0.05, 0.1) is 13.2 Å². The second-order valence-corrected chi connectivity index (χ2v) is 8.45. The Morgan fingerprint density at radius 1 is 1.28 bits per heavy atom. The summed E-state index contributed by atoms with van der Waals surface area (Å²) in [6.45, 7) is 6.00. The summed E-state index contributed by atoms with van der Waals surface area (Å²) in [5.41, 5.74) is 4.04. The smallest absolute Gasteiger partial charge is 0.176 e. The summed E-state index contributed by atoms with van der Waals surface area (Å²) in [7, 11) is 1.93. The van der Waals surface area contributed by atoms with Gasteiger partial charge in [-0.05, 0) is 25.1 Å². The highest BCUT2D eigenvalue weighted by molar-refractivity contribution is 7.19. The van der Waals surface area contributed by atoms with E-state index in [0.717, 1.165) is 63.5 Å². The molecule has 1 fully saturated rings. The normalized spacial score (nSPS) is 19.3. The fourth-order valence-electron chi connectivity index (χ4n) is 3.80. The molecule has 0 saturated carbocycles. The maximum Gasteiger partial charge on any atom is 0.176 e. The van der Waals surface area contributed by atoms with Crippen molar-refractivity contribution in [1.29, 1.82) is 0 Å². The standard InChI is InChI=1S/C21H24N6OS/c1-13-3-4-16-14(5-6-23-16)15(11-13)19-25-20-18(29-17(24-20)12-22-2)21(26-19)27-7-9-28-10-8-27/h3-6,11,13,22-23H,7-10,12H2,1-2H3. The first-order valence-corrected chi connectivity index (χ1v) is 10.8. The SMILES string of the molecule is CNCc1nc2nc(C3=CC(C)C=Cc4[nH]ccc43)nc(N3CCOCC3)c2s1. The molecule has 3 aromatic rings. The summed E-state index contributed by atoms with van der Waals surface area (Å²) < 4.78 is 6.61. The van der Waals surface area contributed by atoms with E-state index in [1.165, 1.54) is 0 Å². The van der Waals surface area contributed by atoms with Crippen LogP contribution in [0.25, 0.3) is 22.0 Å². The van der Waals surface area contributed by atoms with Crippen LogP contribution in [0.5, 0.6) is 0 Å². The van der Waals surface area contributed by atoms with Crippen LogP contribution in [0.4, 0.5) is 5.82 Å². The lowest BCUT2D eigenvalue weighted by Crippen LogP contribution is -2.37. The molecule has 4 heterocycles. The van der Waals surface area contributed by atoms with Crippen molar-refractivity contribution in [1.82, 2.24) is 25.3 Å². The molecule has 5 rings (SSSR count). The third kappa shape index (κ3) is 3.48. The van der Waals surface area contributed by atoms with Crippen LogP contribution in [0.1, 0.15) is 29.0 Å². The molecule has 1 unspecified atom stereocenters. The van der Waals surface area contributed by atoms with Gasteiger partial charge in [-0.15, -0.1) is 11.3 Å². The molecule has 2 N–H and O–H groups in total. The van der Waals surface area contributed by atoms with Gasteiger partial charge in [0.15, 0.2) is 17.3 Å². The van der Waals surface area contributed by atoms with Crippen molar-refractivity contribution >= 4 is 39.2 Å². The van der Waals surface area contributed by atoms with E-state index in [2.05, 4.69) is 46.4 Å². The molecule has 8 heteroatoms. The number of aromatic amines is 1. The highest BCUT2D eigenvalue weighted by Crippen LogP contribution is 2.35. The molecule has 150 valence electrons. The first-order chi connectivity index (χ1) is 14.2. The van der Waals surface area contributed by atoms with Gasteiger partial charge in [-0.1, -0.05) is 19.1 Å². The molecule has 0 radical (unpaired) electrons. The number of nitrogens with zero attached hydrogens (tertiary/aromatic N) is 4. The molecule has 0 aromatic carbocycles. The average Bonchev–Trinajstić information content (AvgIpc) is 3.33. The quantitative estimate of drug-likeness (QED) is 0.691. The Bertz CT molecular complexity index is 1090. The summed E-state index contributed by atoms with van der Waals surface area (Å²) in [6.07, 6.45) is 8.53. The zero-order valence-corrected chi connectivity index (χ0v) is 17.4. The van der Waals surface area contributed by atoms with Crippen LogP contribution in [0.3, 0.4) is 0 Å². The minimum Gasteiger partial charge on any atom is -0.378 e. The van der Waals surface area contributed by atoms with Crippen LogP contribution in [0, 0.1) is 5.92 Å². The molecule has 2 aliphatic rings. The predicted molar refractivity (Wildman–Crippen MR) is 117 cm³/mol. The number of hydrogen-bond donors (Lipinski definition) is 2. The van der Waals surface area contributed by atoms with Gasteiger partial charge < -0.3 is 19.9 Å². The van der Waals surface area contributed by atoms with Crippen LogP contribution in [-0.4, -0.2) is 53.3 Å². The predicted octanol–water partition coefficient (Wildman–Crippen LogP) is 3.07. The van der Waals surface area contributed by atoms with Gasteiger partial charge in [0.1, 0.15) is 9.71 Å². The molecular weight excluding hydrogens is 384 g/mol. The fraction of sp³-hybridized carbons (Fsp3) is 0.381. The van der Waals surface area contributed by atoms with Gasteiger partial charge in [0, 0.05) is 42.7 Å². The summed E-state index contributed by atoms with van der Waals surface area (Å²) in [5, 5.41) is 4.21. The lowest BCUT2D eigenvalue weighted by atomic mass is 10.0. The number of hydrogen-bond acceptors (Lipinski definition) is 7. The zero-order valence-electron chi connectivity index (χ0n) is 16.6. The molecule has 0 bridgehead atoms. The number of rotatable bonds is 4. The van der Waals surface area contributed by atoms with Gasteiger partial charge in [-0.2, -0.15) is 0 Å². The van der Waals surface area contributed by atoms with Crippen molar-refractivity contribution in [3.8, 4) is 0 Å². The molecule has 1 atom stereocenters. The monoisotopic (exact) mass is 408 g/mol. The molecule has 3 aromatic heterocycles. The third-order valence-corrected chi connectivity index (χ3v) is 6.27. The second kappa shape index (κ2) is 7.70. The number of morpholine rings is 1. The van der Waals surface area contributed by atoms with Gasteiger partial charge in [-0.3, -0.25) is 0 Å². The molecule has 1 aliphatic carbocycles. The van der Waals surface area contributed by atoms with Crippen LogP contribution in [-0.2, 0) is 11.3 Å². The fourth-order valence-corrected chi connectivity index (χ4v) is 4.83. The van der Waals surface area contributed by atoms with Crippen LogP contribution in [0.15, 0.2) is 24.4 Å². The van der Waals surface area contributed by atoms with Crippen molar-refractivity contribution in [2.45, 2.75) is 13.5 Å². The summed E-state index contributed by atoms with van der Waals surface area (Å²) in [6, 6.07) is 2.10. The second-order valence-electron chi connectivity index (χ2n) is 7.36. The Morgan fingerprint density at radius 2 is 2.14 bits per heavy atom. The van der Waals surface area contributed by atoms with E-state index in [1.54, 1.807) is 11.3 Å². The molecule has 29 heavy (non-hydrogen) atoms. The van der Waals surface area contributed by atoms with E-state index in [9.17, 15) is 0 Å². The number of thiazole rings is 1. The van der Waals surface area contributed by atoms with E-state index in [1.807, 2.05) is 13.2 Å². The average molecular weight is 409 g/mol. The van der Waals surface area contributed by atoms with Crippen molar-refractivity contribution in [2.24, 2.45) is 5.92 Å². The lowest BCUT2D eigenvalue weighted by Gasteiger charge is -2.28. The Morgan fingerprint density at radius 3 is 2.97 bits per heavy atom. The Kier molecular flexibility index (Phi) is 4.91. The summed E-state index contributed by atoms with van der Waals surface area (Å²) in [5.74, 6) is 2.00. The minimum absolute atomic E-state index is 0.298. The van der Waals surface area contributed by atoms with Gasteiger partial charge in [0.2, 0.25) is 0 Å². The number of fused-ring (bicyclic) bond motifs is 2. The van der Waals surface area contributed by atoms with Crippen LogP contribution in [0.2, 0.25) is 0 Å². The third-order valence-electron chi connectivity index (χ3n) is 5.22. The van der Waals surface area contributed by atoms with Crippen molar-refractivity contribution in [3.05, 3.63) is 46.5 Å². The minimum atomic E-state index is 0.298. The zero-order chi connectivity index (χ0) is 19.8. The highest BCUT2D eigenvalue weighted by atomic mass is 32.1. The summed E-state index contributed by atoms with van der Waals surface area (Å²) in [4.78, 5) is 20.4. The number of ether oxygens (including phenoxy) is 1. The largest absolute Gasteiger partial charge is 0.378 e. The van der Waals surface area contributed by atoms with E-state index < -0.39 is 0 Å².